The molecule has 1 aromatic heterocycles. The highest BCUT2D eigenvalue weighted by molar-refractivity contribution is 9.10. The predicted molar refractivity (Wildman–Crippen MR) is 70.5 cm³/mol. The molecule has 1 atom stereocenters. The molecular formula is C13H13BrF2N2O. The Morgan fingerprint density at radius 3 is 2.79 bits per heavy atom. The monoisotopic (exact) mass is 330 g/mol. The van der Waals surface area contributed by atoms with E-state index in [4.69, 9.17) is 0 Å². The standard InChI is InChI=1S/C13H13BrF2N2O/c1-18-7-6-17-11(18)5-4-10(19)8-2-3-9(15)13(16)12(8)14/h2-3,6-7,10,19H,4-5H2,1H3. The number of benzene rings is 1. The second kappa shape index (κ2) is 5.79. The minimum absolute atomic E-state index is 0.0279. The molecule has 102 valence electrons. The van der Waals surface area contributed by atoms with Crippen LogP contribution in [0.25, 0.3) is 0 Å². The van der Waals surface area contributed by atoms with Gasteiger partial charge in [-0.2, -0.15) is 0 Å². The maximum absolute atomic E-state index is 13.4. The van der Waals surface area contributed by atoms with Crippen molar-refractivity contribution < 1.29 is 13.9 Å². The minimum Gasteiger partial charge on any atom is -0.388 e. The molecule has 2 aromatic rings. The van der Waals surface area contributed by atoms with E-state index in [0.29, 0.717) is 18.4 Å². The molecule has 6 heteroatoms. The van der Waals surface area contributed by atoms with Crippen molar-refractivity contribution in [2.75, 3.05) is 0 Å². The van der Waals surface area contributed by atoms with Crippen LogP contribution in [0, 0.1) is 11.6 Å². The van der Waals surface area contributed by atoms with Gasteiger partial charge in [-0.05, 0) is 34.0 Å². The lowest BCUT2D eigenvalue weighted by atomic mass is 10.0. The van der Waals surface area contributed by atoms with Crippen LogP contribution >= 0.6 is 15.9 Å². The molecule has 3 nitrogen and oxygen atoms in total. The summed E-state index contributed by atoms with van der Waals surface area (Å²) in [4.78, 5) is 4.14. The zero-order chi connectivity index (χ0) is 14.0. The number of aryl methyl sites for hydroxylation is 2. The summed E-state index contributed by atoms with van der Waals surface area (Å²) in [5.74, 6) is -1.08. The van der Waals surface area contributed by atoms with E-state index in [-0.39, 0.29) is 4.47 Å². The van der Waals surface area contributed by atoms with E-state index < -0.39 is 17.7 Å². The Morgan fingerprint density at radius 2 is 2.16 bits per heavy atom. The highest BCUT2D eigenvalue weighted by Gasteiger charge is 2.17. The number of imidazole rings is 1. The SMILES string of the molecule is Cn1ccnc1CCC(O)c1ccc(F)c(F)c1Br. The van der Waals surface area contributed by atoms with Crippen molar-refractivity contribution in [1.29, 1.82) is 0 Å². The third-order valence-corrected chi connectivity index (χ3v) is 3.79. The number of halogens is 3. The molecule has 0 saturated carbocycles. The summed E-state index contributed by atoms with van der Waals surface area (Å²) in [6, 6.07) is 2.39. The van der Waals surface area contributed by atoms with Crippen LogP contribution in [0.1, 0.15) is 23.9 Å². The normalized spacial score (nSPS) is 12.7. The van der Waals surface area contributed by atoms with Gasteiger partial charge in [0.05, 0.1) is 10.6 Å². The molecule has 0 bridgehead atoms. The summed E-state index contributed by atoms with van der Waals surface area (Å²) in [6.45, 7) is 0. The van der Waals surface area contributed by atoms with Crippen LogP contribution in [0.4, 0.5) is 8.78 Å². The second-order valence-corrected chi connectivity index (χ2v) is 5.07. The van der Waals surface area contributed by atoms with Gasteiger partial charge in [-0.25, -0.2) is 13.8 Å². The summed E-state index contributed by atoms with van der Waals surface area (Å²) < 4.78 is 28.2. The predicted octanol–water partition coefficient (Wildman–Crippen LogP) is 3.13. The van der Waals surface area contributed by atoms with Crippen molar-refractivity contribution in [2.24, 2.45) is 7.05 Å². The van der Waals surface area contributed by atoms with Crippen LogP contribution in [0.2, 0.25) is 0 Å². The summed E-state index contributed by atoms with van der Waals surface area (Å²) in [5, 5.41) is 10.1. The molecule has 0 fully saturated rings. The lowest BCUT2D eigenvalue weighted by Gasteiger charge is -2.13. The molecule has 19 heavy (non-hydrogen) atoms. The van der Waals surface area contributed by atoms with Gasteiger partial charge in [-0.3, -0.25) is 0 Å². The number of rotatable bonds is 4. The first kappa shape index (κ1) is 14.1. The van der Waals surface area contributed by atoms with E-state index in [1.54, 1.807) is 6.20 Å². The molecule has 0 aliphatic carbocycles. The van der Waals surface area contributed by atoms with Gasteiger partial charge in [0.15, 0.2) is 11.6 Å². The highest BCUT2D eigenvalue weighted by Crippen LogP contribution is 2.30. The smallest absolute Gasteiger partial charge is 0.173 e. The van der Waals surface area contributed by atoms with E-state index >= 15 is 0 Å². The van der Waals surface area contributed by atoms with E-state index in [9.17, 15) is 13.9 Å². The Morgan fingerprint density at radius 1 is 1.42 bits per heavy atom. The average molecular weight is 331 g/mol. The van der Waals surface area contributed by atoms with E-state index in [0.717, 1.165) is 11.9 Å². The third kappa shape index (κ3) is 3.01. The number of aliphatic hydroxyl groups is 1. The number of hydrogen-bond acceptors (Lipinski definition) is 2. The molecule has 0 aliphatic heterocycles. The summed E-state index contributed by atoms with van der Waals surface area (Å²) in [5.41, 5.74) is 0.341. The first-order valence-electron chi connectivity index (χ1n) is 5.78. The van der Waals surface area contributed by atoms with Crippen LogP contribution < -0.4 is 0 Å². The number of aliphatic hydroxyl groups excluding tert-OH is 1. The van der Waals surface area contributed by atoms with Crippen LogP contribution in [-0.4, -0.2) is 14.7 Å². The Labute approximate surface area is 118 Å². The zero-order valence-corrected chi connectivity index (χ0v) is 11.9. The zero-order valence-electron chi connectivity index (χ0n) is 10.3. The van der Waals surface area contributed by atoms with Gasteiger partial charge in [0.2, 0.25) is 0 Å². The number of aromatic nitrogens is 2. The third-order valence-electron chi connectivity index (χ3n) is 2.99. The van der Waals surface area contributed by atoms with Gasteiger partial charge >= 0.3 is 0 Å². The number of nitrogens with zero attached hydrogens (tertiary/aromatic N) is 2. The Balaban J connectivity index is 2.10. The molecule has 1 N–H and O–H groups in total. The van der Waals surface area contributed by atoms with Crippen LogP contribution in [0.5, 0.6) is 0 Å². The van der Waals surface area contributed by atoms with Crippen LogP contribution in [0.3, 0.4) is 0 Å². The summed E-state index contributed by atoms with van der Waals surface area (Å²) >= 11 is 2.97. The van der Waals surface area contributed by atoms with Crippen molar-refractivity contribution >= 4 is 15.9 Å². The second-order valence-electron chi connectivity index (χ2n) is 4.27. The van der Waals surface area contributed by atoms with E-state index in [1.165, 1.54) is 6.07 Å². The molecule has 0 radical (unpaired) electrons. The van der Waals surface area contributed by atoms with Gasteiger partial charge in [0.1, 0.15) is 5.82 Å². The maximum Gasteiger partial charge on any atom is 0.173 e. The number of hydrogen-bond donors (Lipinski definition) is 1. The molecule has 1 unspecified atom stereocenters. The molecule has 0 amide bonds. The molecule has 0 saturated heterocycles. The van der Waals surface area contributed by atoms with Gasteiger partial charge < -0.3 is 9.67 Å². The van der Waals surface area contributed by atoms with Crippen molar-refractivity contribution in [1.82, 2.24) is 9.55 Å². The molecule has 0 aliphatic rings. The van der Waals surface area contributed by atoms with Gasteiger partial charge in [0.25, 0.3) is 0 Å². The van der Waals surface area contributed by atoms with Crippen molar-refractivity contribution in [3.63, 3.8) is 0 Å². The summed E-state index contributed by atoms with van der Waals surface area (Å²) in [7, 11) is 1.86. The fraction of sp³-hybridized carbons (Fsp3) is 0.308. The first-order chi connectivity index (χ1) is 9.00. The van der Waals surface area contributed by atoms with Gasteiger partial charge in [-0.1, -0.05) is 6.07 Å². The largest absolute Gasteiger partial charge is 0.388 e. The van der Waals surface area contributed by atoms with Crippen molar-refractivity contribution in [3.05, 3.63) is 52.0 Å². The van der Waals surface area contributed by atoms with Crippen molar-refractivity contribution in [2.45, 2.75) is 18.9 Å². The molecule has 2 rings (SSSR count). The quantitative estimate of drug-likeness (QED) is 0.874. The van der Waals surface area contributed by atoms with Gasteiger partial charge in [-0.15, -0.1) is 0 Å². The summed E-state index contributed by atoms with van der Waals surface area (Å²) in [6.07, 6.45) is 3.55. The van der Waals surface area contributed by atoms with Gasteiger partial charge in [0, 0.05) is 25.9 Å². The average Bonchev–Trinajstić information content (AvgIpc) is 2.79. The Hall–Kier alpha value is -1.27. The Kier molecular flexibility index (Phi) is 4.31. The first-order valence-corrected chi connectivity index (χ1v) is 6.57. The minimum atomic E-state index is -0.978. The van der Waals surface area contributed by atoms with E-state index in [1.807, 2.05) is 17.8 Å². The molecular weight excluding hydrogens is 318 g/mol. The van der Waals surface area contributed by atoms with Crippen LogP contribution in [0.15, 0.2) is 29.0 Å². The Bertz CT molecular complexity index is 586. The lowest BCUT2D eigenvalue weighted by Crippen LogP contribution is -2.05. The topological polar surface area (TPSA) is 38.0 Å². The molecule has 1 aromatic carbocycles. The fourth-order valence-electron chi connectivity index (χ4n) is 1.86. The maximum atomic E-state index is 13.4. The van der Waals surface area contributed by atoms with Crippen LogP contribution in [-0.2, 0) is 13.5 Å². The molecule has 1 heterocycles. The highest BCUT2D eigenvalue weighted by atomic mass is 79.9. The van der Waals surface area contributed by atoms with E-state index in [2.05, 4.69) is 20.9 Å². The molecule has 0 spiro atoms. The lowest BCUT2D eigenvalue weighted by molar-refractivity contribution is 0.165. The van der Waals surface area contributed by atoms with Crippen molar-refractivity contribution in [3.8, 4) is 0 Å². The fourth-order valence-corrected chi connectivity index (χ4v) is 2.44.